The summed E-state index contributed by atoms with van der Waals surface area (Å²) in [6.45, 7) is 6.54. The number of hydroxylamine groups is 2. The van der Waals surface area contributed by atoms with Crippen LogP contribution in [-0.4, -0.2) is 80.1 Å². The largest absolute Gasteiger partial charge is 0.405 e. The second-order valence-corrected chi connectivity index (χ2v) is 13.5. The van der Waals surface area contributed by atoms with E-state index in [1.807, 2.05) is 36.4 Å². The molecular weight excluding hydrogens is 426 g/mol. The molecule has 8 heteroatoms. The lowest BCUT2D eigenvalue weighted by Gasteiger charge is -2.46. The number of aliphatic hydroxyl groups is 3. The molecule has 176 valence electrons. The van der Waals surface area contributed by atoms with Gasteiger partial charge in [0.05, 0.1) is 13.7 Å². The fourth-order valence-corrected chi connectivity index (χ4v) is 9.01. The van der Waals surface area contributed by atoms with Crippen molar-refractivity contribution in [1.29, 1.82) is 0 Å². The van der Waals surface area contributed by atoms with Crippen molar-refractivity contribution in [2.45, 2.75) is 56.5 Å². The number of hydrogen-bond acceptors (Lipinski definition) is 7. The first kappa shape index (κ1) is 25.0. The Morgan fingerprint density at radius 2 is 1.38 bits per heavy atom. The third-order valence-electron chi connectivity index (χ3n) is 6.21. The van der Waals surface area contributed by atoms with Crippen LogP contribution in [0.1, 0.15) is 20.8 Å². The SMILES string of the molecule is CON(C)[C@@H]1O[C@H](CO[Si](c2ccccc2)(c2ccccc2)C(C)(C)C)[C@@H](O)[C@H](O)[C@H]1O. The zero-order valence-corrected chi connectivity index (χ0v) is 20.4. The number of hydrogen-bond donors (Lipinski definition) is 3. The number of nitrogens with zero attached hydrogens (tertiary/aromatic N) is 1. The maximum absolute atomic E-state index is 10.7. The van der Waals surface area contributed by atoms with Crippen molar-refractivity contribution in [3.63, 3.8) is 0 Å². The van der Waals surface area contributed by atoms with Crippen LogP contribution in [0.25, 0.3) is 0 Å². The first-order valence-electron chi connectivity index (χ1n) is 10.8. The molecule has 1 aliphatic rings. The molecule has 5 atom stereocenters. The molecule has 0 aromatic heterocycles. The Labute approximate surface area is 191 Å². The van der Waals surface area contributed by atoms with E-state index in [9.17, 15) is 15.3 Å². The Morgan fingerprint density at radius 1 is 0.875 bits per heavy atom. The van der Waals surface area contributed by atoms with Crippen LogP contribution in [0.4, 0.5) is 0 Å². The minimum atomic E-state index is -2.84. The average molecular weight is 462 g/mol. The van der Waals surface area contributed by atoms with Crippen LogP contribution in [0, 0.1) is 0 Å². The molecule has 2 aromatic carbocycles. The first-order valence-corrected chi connectivity index (χ1v) is 12.8. The van der Waals surface area contributed by atoms with E-state index in [0.29, 0.717) is 0 Å². The average Bonchev–Trinajstić information content (AvgIpc) is 2.79. The van der Waals surface area contributed by atoms with Gasteiger partial charge in [-0.05, 0) is 15.4 Å². The molecule has 3 N–H and O–H groups in total. The zero-order chi connectivity index (χ0) is 23.5. The summed E-state index contributed by atoms with van der Waals surface area (Å²) >= 11 is 0. The third kappa shape index (κ3) is 4.69. The molecule has 0 aliphatic carbocycles. The highest BCUT2D eigenvalue weighted by Gasteiger charge is 2.52. The summed E-state index contributed by atoms with van der Waals surface area (Å²) in [5, 5.41) is 34.8. The van der Waals surface area contributed by atoms with E-state index in [1.54, 1.807) is 7.05 Å². The van der Waals surface area contributed by atoms with Crippen LogP contribution in [0.2, 0.25) is 5.04 Å². The van der Waals surface area contributed by atoms with E-state index in [4.69, 9.17) is 14.0 Å². The van der Waals surface area contributed by atoms with E-state index in [1.165, 1.54) is 12.2 Å². The molecule has 1 saturated heterocycles. The molecule has 32 heavy (non-hydrogen) atoms. The summed E-state index contributed by atoms with van der Waals surface area (Å²) < 4.78 is 12.8. The van der Waals surface area contributed by atoms with E-state index in [-0.39, 0.29) is 11.6 Å². The topological polar surface area (TPSA) is 91.6 Å². The third-order valence-corrected chi connectivity index (χ3v) is 11.2. The molecule has 7 nitrogen and oxygen atoms in total. The maximum atomic E-state index is 10.7. The smallest absolute Gasteiger partial charge is 0.261 e. The van der Waals surface area contributed by atoms with Crippen LogP contribution < -0.4 is 10.4 Å². The van der Waals surface area contributed by atoms with Crippen LogP contribution in [0.5, 0.6) is 0 Å². The van der Waals surface area contributed by atoms with Gasteiger partial charge in [-0.3, -0.25) is 4.84 Å². The molecule has 0 unspecified atom stereocenters. The lowest BCUT2D eigenvalue weighted by atomic mass is 9.98. The van der Waals surface area contributed by atoms with Gasteiger partial charge in [-0.15, -0.1) is 0 Å². The number of rotatable bonds is 7. The Morgan fingerprint density at radius 3 is 1.81 bits per heavy atom. The van der Waals surface area contributed by atoms with Crippen molar-refractivity contribution >= 4 is 18.7 Å². The molecule has 0 amide bonds. The van der Waals surface area contributed by atoms with E-state index >= 15 is 0 Å². The van der Waals surface area contributed by atoms with Crippen molar-refractivity contribution < 1.29 is 29.3 Å². The molecule has 1 heterocycles. The summed E-state index contributed by atoms with van der Waals surface area (Å²) in [5.41, 5.74) is 0. The quantitative estimate of drug-likeness (QED) is 0.416. The van der Waals surface area contributed by atoms with Gasteiger partial charge < -0.3 is 24.5 Å². The van der Waals surface area contributed by atoms with Crippen molar-refractivity contribution in [3.05, 3.63) is 60.7 Å². The lowest BCUT2D eigenvalue weighted by molar-refractivity contribution is -0.319. The van der Waals surface area contributed by atoms with Crippen molar-refractivity contribution in [2.24, 2.45) is 0 Å². The Bertz CT molecular complexity index is 807. The highest BCUT2D eigenvalue weighted by molar-refractivity contribution is 6.99. The van der Waals surface area contributed by atoms with Crippen LogP contribution in [-0.2, 0) is 14.0 Å². The Hall–Kier alpha value is -1.62. The fraction of sp³-hybridized carbons (Fsp3) is 0.500. The van der Waals surface area contributed by atoms with Gasteiger partial charge in [-0.2, -0.15) is 5.06 Å². The van der Waals surface area contributed by atoms with E-state index < -0.39 is 39.0 Å². The minimum Gasteiger partial charge on any atom is -0.405 e. The van der Waals surface area contributed by atoms with Gasteiger partial charge >= 0.3 is 0 Å². The molecule has 0 radical (unpaired) electrons. The van der Waals surface area contributed by atoms with Gasteiger partial charge in [0.25, 0.3) is 8.32 Å². The summed E-state index contributed by atoms with van der Waals surface area (Å²) in [4.78, 5) is 5.15. The molecule has 0 bridgehead atoms. The van der Waals surface area contributed by atoms with Crippen LogP contribution >= 0.6 is 0 Å². The minimum absolute atomic E-state index is 0.0479. The standard InChI is InChI=1S/C24H35NO6Si/c1-24(2,3)32(17-12-8-6-9-13-17,18-14-10-7-11-15-18)30-16-19-20(26)21(27)22(28)23(31-19)25(4)29-5/h6-15,19-23,26-28H,16H2,1-5H3/t19-,20-,21+,22-,23-/m1/s1. The van der Waals surface area contributed by atoms with Crippen molar-refractivity contribution in [1.82, 2.24) is 5.06 Å². The molecule has 1 aliphatic heterocycles. The Kier molecular flexibility index (Phi) is 7.90. The van der Waals surface area contributed by atoms with Crippen molar-refractivity contribution in [2.75, 3.05) is 20.8 Å². The predicted molar refractivity (Wildman–Crippen MR) is 125 cm³/mol. The normalized spacial score (nSPS) is 27.0. The van der Waals surface area contributed by atoms with E-state index in [2.05, 4.69) is 45.0 Å². The van der Waals surface area contributed by atoms with Gasteiger partial charge in [0.15, 0.2) is 6.23 Å². The zero-order valence-electron chi connectivity index (χ0n) is 19.4. The summed E-state index contributed by atoms with van der Waals surface area (Å²) in [6.07, 6.45) is -5.80. The van der Waals surface area contributed by atoms with Gasteiger partial charge in [-0.1, -0.05) is 81.4 Å². The maximum Gasteiger partial charge on any atom is 0.261 e. The van der Waals surface area contributed by atoms with Gasteiger partial charge in [-0.25, -0.2) is 0 Å². The van der Waals surface area contributed by atoms with Gasteiger partial charge in [0.2, 0.25) is 0 Å². The number of likely N-dealkylation sites (N-methyl/N-ethyl adjacent to an activating group) is 1. The highest BCUT2D eigenvalue weighted by Crippen LogP contribution is 2.37. The molecule has 1 fully saturated rings. The van der Waals surface area contributed by atoms with Crippen LogP contribution in [0.3, 0.4) is 0 Å². The van der Waals surface area contributed by atoms with Gasteiger partial charge in [0, 0.05) is 7.05 Å². The molecule has 3 rings (SSSR count). The van der Waals surface area contributed by atoms with Crippen molar-refractivity contribution in [3.8, 4) is 0 Å². The molecule has 0 spiro atoms. The number of ether oxygens (including phenoxy) is 1. The highest BCUT2D eigenvalue weighted by atomic mass is 28.4. The first-order chi connectivity index (χ1) is 15.1. The van der Waals surface area contributed by atoms with E-state index in [0.717, 1.165) is 10.4 Å². The summed E-state index contributed by atoms with van der Waals surface area (Å²) in [7, 11) is 0.202. The second kappa shape index (κ2) is 10.1. The molecule has 0 saturated carbocycles. The molecular formula is C24H35NO6Si. The summed E-state index contributed by atoms with van der Waals surface area (Å²) in [6, 6.07) is 20.3. The van der Waals surface area contributed by atoms with Crippen LogP contribution in [0.15, 0.2) is 60.7 Å². The lowest BCUT2D eigenvalue weighted by Crippen LogP contribution is -2.68. The predicted octanol–water partition coefficient (Wildman–Crippen LogP) is 0.864. The Balaban J connectivity index is 1.99. The number of benzene rings is 2. The second-order valence-electron chi connectivity index (χ2n) is 9.24. The van der Waals surface area contributed by atoms with Gasteiger partial charge in [0.1, 0.15) is 24.4 Å². The molecule has 2 aromatic rings. The monoisotopic (exact) mass is 461 g/mol. The fourth-order valence-electron chi connectivity index (χ4n) is 4.44. The number of aliphatic hydroxyl groups excluding tert-OH is 3. The summed E-state index contributed by atoms with van der Waals surface area (Å²) in [5.74, 6) is 0.